The summed E-state index contributed by atoms with van der Waals surface area (Å²) < 4.78 is 10.8. The van der Waals surface area contributed by atoms with Crippen molar-refractivity contribution in [1.82, 2.24) is 0 Å². The van der Waals surface area contributed by atoms with Gasteiger partial charge in [-0.3, -0.25) is 4.79 Å². The summed E-state index contributed by atoms with van der Waals surface area (Å²) in [6.07, 6.45) is 0. The molecule has 0 bridgehead atoms. The number of anilines is 1. The number of para-hydroxylation sites is 1. The number of methoxy groups -OCH3 is 2. The monoisotopic (exact) mass is 385 g/mol. The van der Waals surface area contributed by atoms with Crippen molar-refractivity contribution in [1.29, 1.82) is 0 Å². The van der Waals surface area contributed by atoms with Crippen molar-refractivity contribution in [3.63, 3.8) is 0 Å². The van der Waals surface area contributed by atoms with Crippen LogP contribution in [0.15, 0.2) is 42.5 Å². The first-order chi connectivity index (χ1) is 13.6. The van der Waals surface area contributed by atoms with Gasteiger partial charge in [0, 0.05) is 11.3 Å². The molecule has 6 nitrogen and oxygen atoms in total. The number of carbonyl (C=O) groups is 1. The molecule has 1 aliphatic rings. The molecule has 1 saturated heterocycles. The van der Waals surface area contributed by atoms with E-state index >= 15 is 0 Å². The van der Waals surface area contributed by atoms with E-state index in [0.29, 0.717) is 6.54 Å². The van der Waals surface area contributed by atoms with Crippen molar-refractivity contribution in [2.45, 2.75) is 13.5 Å². The van der Waals surface area contributed by atoms with Crippen LogP contribution in [0.4, 0.5) is 5.69 Å². The summed E-state index contributed by atoms with van der Waals surface area (Å²) >= 11 is 0. The molecule has 2 aromatic carbocycles. The number of nitrogens with one attached hydrogen (secondary N) is 3. The van der Waals surface area contributed by atoms with Gasteiger partial charge in [-0.25, -0.2) is 0 Å². The number of aryl methyl sites for hydroxylation is 1. The van der Waals surface area contributed by atoms with Gasteiger partial charge in [0.2, 0.25) is 0 Å². The maximum atomic E-state index is 12.3. The maximum absolute atomic E-state index is 12.3. The molecule has 1 fully saturated rings. The summed E-state index contributed by atoms with van der Waals surface area (Å²) in [5.41, 5.74) is 3.38. The standard InChI is InChI=1S/C22H29N3O3/c1-17-13-20(27-2)21(28-3)14-18(17)15-24-9-11-25(12-10-24)16-22(26)23-19-7-5-4-6-8-19/h4-8,13-14H,9-12,15-16H2,1-3H3,(H,23,26)/p+2. The first-order valence-electron chi connectivity index (χ1n) is 9.82. The van der Waals surface area contributed by atoms with Gasteiger partial charge in [-0.2, -0.15) is 0 Å². The molecule has 150 valence electrons. The highest BCUT2D eigenvalue weighted by molar-refractivity contribution is 5.91. The number of carbonyl (C=O) groups excluding carboxylic acids is 1. The van der Waals surface area contributed by atoms with Crippen molar-refractivity contribution in [3.05, 3.63) is 53.6 Å². The molecular formula is C22H31N3O3+2. The number of amides is 1. The van der Waals surface area contributed by atoms with E-state index in [1.54, 1.807) is 19.1 Å². The predicted molar refractivity (Wildman–Crippen MR) is 109 cm³/mol. The molecule has 0 spiro atoms. The third-order valence-corrected chi connectivity index (χ3v) is 5.41. The van der Waals surface area contributed by atoms with Crippen LogP contribution in [0.1, 0.15) is 11.1 Å². The highest BCUT2D eigenvalue weighted by Crippen LogP contribution is 2.29. The number of benzene rings is 2. The third kappa shape index (κ3) is 5.24. The fourth-order valence-corrected chi connectivity index (χ4v) is 3.75. The Bertz CT molecular complexity index is 787. The van der Waals surface area contributed by atoms with Crippen molar-refractivity contribution in [3.8, 4) is 11.5 Å². The molecule has 6 heteroatoms. The van der Waals surface area contributed by atoms with E-state index in [2.05, 4.69) is 18.3 Å². The molecule has 1 heterocycles. The zero-order valence-corrected chi connectivity index (χ0v) is 17.0. The van der Waals surface area contributed by atoms with Gasteiger partial charge in [-0.1, -0.05) is 18.2 Å². The van der Waals surface area contributed by atoms with E-state index in [-0.39, 0.29) is 5.91 Å². The van der Waals surface area contributed by atoms with Gasteiger partial charge in [0.1, 0.15) is 32.7 Å². The summed E-state index contributed by atoms with van der Waals surface area (Å²) in [7, 11) is 3.34. The first-order valence-corrected chi connectivity index (χ1v) is 9.82. The number of quaternary nitrogens is 2. The van der Waals surface area contributed by atoms with Crippen LogP contribution in [-0.2, 0) is 11.3 Å². The first kappa shape index (κ1) is 20.2. The van der Waals surface area contributed by atoms with Gasteiger partial charge in [0.05, 0.1) is 14.2 Å². The Morgan fingerprint density at radius 2 is 1.57 bits per heavy atom. The zero-order valence-electron chi connectivity index (χ0n) is 17.0. The van der Waals surface area contributed by atoms with Crippen molar-refractivity contribution < 1.29 is 24.1 Å². The average Bonchev–Trinajstić information content (AvgIpc) is 2.71. The van der Waals surface area contributed by atoms with E-state index in [4.69, 9.17) is 9.47 Å². The van der Waals surface area contributed by atoms with E-state index in [1.807, 2.05) is 36.4 Å². The lowest BCUT2D eigenvalue weighted by Gasteiger charge is -2.29. The van der Waals surface area contributed by atoms with Gasteiger partial charge < -0.3 is 24.6 Å². The third-order valence-electron chi connectivity index (χ3n) is 5.41. The van der Waals surface area contributed by atoms with E-state index in [0.717, 1.165) is 49.9 Å². The van der Waals surface area contributed by atoms with Gasteiger partial charge >= 0.3 is 0 Å². The maximum Gasteiger partial charge on any atom is 0.279 e. The minimum atomic E-state index is 0.0837. The fraction of sp³-hybridized carbons (Fsp3) is 0.409. The number of rotatable bonds is 7. The summed E-state index contributed by atoms with van der Waals surface area (Å²) in [6, 6.07) is 13.8. The van der Waals surface area contributed by atoms with Crippen LogP contribution in [0.2, 0.25) is 0 Å². The lowest BCUT2D eigenvalue weighted by Crippen LogP contribution is -3.28. The van der Waals surface area contributed by atoms with E-state index < -0.39 is 0 Å². The zero-order chi connectivity index (χ0) is 19.9. The Morgan fingerprint density at radius 3 is 2.21 bits per heavy atom. The Morgan fingerprint density at radius 1 is 0.964 bits per heavy atom. The Hall–Kier alpha value is -2.57. The fourth-order valence-electron chi connectivity index (χ4n) is 3.75. The second-order valence-electron chi connectivity index (χ2n) is 7.40. The molecule has 2 aromatic rings. The van der Waals surface area contributed by atoms with E-state index in [1.165, 1.54) is 16.0 Å². The topological polar surface area (TPSA) is 56.4 Å². The molecule has 0 aliphatic carbocycles. The van der Waals surface area contributed by atoms with Gasteiger partial charge in [-0.15, -0.1) is 0 Å². The highest BCUT2D eigenvalue weighted by atomic mass is 16.5. The predicted octanol–water partition coefficient (Wildman–Crippen LogP) is -0.0657. The van der Waals surface area contributed by atoms with Crippen LogP contribution in [0.25, 0.3) is 0 Å². The number of hydrogen-bond acceptors (Lipinski definition) is 3. The van der Waals surface area contributed by atoms with Crippen LogP contribution in [-0.4, -0.2) is 52.9 Å². The number of ether oxygens (including phenoxy) is 2. The molecular weight excluding hydrogens is 354 g/mol. The van der Waals surface area contributed by atoms with Crippen molar-refractivity contribution in [2.75, 3.05) is 52.3 Å². The second kappa shape index (κ2) is 9.57. The molecule has 3 N–H and O–H groups in total. The smallest absolute Gasteiger partial charge is 0.279 e. The van der Waals surface area contributed by atoms with Gasteiger partial charge in [-0.05, 0) is 36.8 Å². The minimum absolute atomic E-state index is 0.0837. The van der Waals surface area contributed by atoms with Crippen LogP contribution >= 0.6 is 0 Å². The Balaban J connectivity index is 1.50. The van der Waals surface area contributed by atoms with Crippen molar-refractivity contribution in [2.24, 2.45) is 0 Å². The molecule has 3 rings (SSSR count). The summed E-state index contributed by atoms with van der Waals surface area (Å²) in [5.74, 6) is 1.64. The van der Waals surface area contributed by atoms with Gasteiger partial charge in [0.25, 0.3) is 5.91 Å². The van der Waals surface area contributed by atoms with Gasteiger partial charge in [0.15, 0.2) is 18.0 Å². The lowest BCUT2D eigenvalue weighted by atomic mass is 10.1. The molecule has 1 amide bonds. The molecule has 0 atom stereocenters. The Labute approximate surface area is 167 Å². The number of piperazine rings is 1. The SMILES string of the molecule is COc1cc(C)c(C[NH+]2CC[NH+](CC(=O)Nc3ccccc3)CC2)cc1OC. The molecule has 0 radical (unpaired) electrons. The van der Waals surface area contributed by atoms with Crippen LogP contribution in [0.5, 0.6) is 11.5 Å². The number of hydrogen-bond donors (Lipinski definition) is 3. The van der Waals surface area contributed by atoms with Crippen molar-refractivity contribution >= 4 is 11.6 Å². The summed E-state index contributed by atoms with van der Waals surface area (Å²) in [6.45, 7) is 7.73. The molecule has 0 aromatic heterocycles. The normalized spacial score (nSPS) is 19.1. The molecule has 1 aliphatic heterocycles. The second-order valence-corrected chi connectivity index (χ2v) is 7.40. The van der Waals surface area contributed by atoms with Crippen LogP contribution in [0.3, 0.4) is 0 Å². The summed E-state index contributed by atoms with van der Waals surface area (Å²) in [4.78, 5) is 15.2. The van der Waals surface area contributed by atoms with Crippen LogP contribution < -0.4 is 24.6 Å². The largest absolute Gasteiger partial charge is 0.493 e. The van der Waals surface area contributed by atoms with Crippen LogP contribution in [0, 0.1) is 6.92 Å². The quantitative estimate of drug-likeness (QED) is 0.626. The summed E-state index contributed by atoms with van der Waals surface area (Å²) in [5, 5.41) is 2.98. The molecule has 0 saturated carbocycles. The minimum Gasteiger partial charge on any atom is -0.493 e. The Kier molecular flexibility index (Phi) is 6.90. The average molecular weight is 386 g/mol. The van der Waals surface area contributed by atoms with E-state index in [9.17, 15) is 4.79 Å². The molecule has 28 heavy (non-hydrogen) atoms. The lowest BCUT2D eigenvalue weighted by molar-refractivity contribution is -1.02. The highest BCUT2D eigenvalue weighted by Gasteiger charge is 2.25. The molecule has 0 unspecified atom stereocenters.